The van der Waals surface area contributed by atoms with Crippen LogP contribution < -0.4 is 0 Å². The van der Waals surface area contributed by atoms with Gasteiger partial charge in [-0.1, -0.05) is 49.8 Å². The predicted octanol–water partition coefficient (Wildman–Crippen LogP) is 5.13. The molecule has 0 saturated heterocycles. The number of benzene rings is 1. The molecular formula is C12H14F5NOS. The average Bonchev–Trinajstić information content (AvgIpc) is 2.26. The predicted molar refractivity (Wildman–Crippen MR) is 68.0 cm³/mol. The fourth-order valence-corrected chi connectivity index (χ4v) is 3.13. The van der Waals surface area contributed by atoms with Crippen LogP contribution in [-0.2, 0) is 10.3 Å². The first-order chi connectivity index (χ1) is 8.85. The zero-order valence-corrected chi connectivity index (χ0v) is 11.5. The van der Waals surface area contributed by atoms with Gasteiger partial charge in [-0.25, -0.2) is 0 Å². The van der Waals surface area contributed by atoms with Crippen molar-refractivity contribution in [2.75, 3.05) is 12.4 Å². The lowest BCUT2D eigenvalue weighted by molar-refractivity contribution is -0.0208. The number of nitriles is 1. The minimum Gasteiger partial charge on any atom is -0.368 e. The highest BCUT2D eigenvalue weighted by Gasteiger charge is 2.67. The van der Waals surface area contributed by atoms with Gasteiger partial charge in [0.1, 0.15) is 11.4 Å². The first-order valence-corrected chi connectivity index (χ1v) is 7.76. The van der Waals surface area contributed by atoms with E-state index < -0.39 is 21.6 Å². The third-order valence-corrected chi connectivity index (χ3v) is 3.66. The van der Waals surface area contributed by atoms with Gasteiger partial charge in [-0.3, -0.25) is 0 Å². The number of nitrogens with zero attached hydrogens (tertiary/aromatic N) is 1. The van der Waals surface area contributed by atoms with Crippen molar-refractivity contribution < 1.29 is 24.2 Å². The molecule has 1 aromatic carbocycles. The molecule has 2 nitrogen and oxygen atoms in total. The lowest BCUT2D eigenvalue weighted by atomic mass is 9.98. The Balaban J connectivity index is 3.13. The van der Waals surface area contributed by atoms with E-state index in [1.807, 2.05) is 0 Å². The van der Waals surface area contributed by atoms with Crippen molar-refractivity contribution in [1.82, 2.24) is 0 Å². The maximum absolute atomic E-state index is 12.8. The van der Waals surface area contributed by atoms with Gasteiger partial charge in [0.25, 0.3) is 10.2 Å². The van der Waals surface area contributed by atoms with Gasteiger partial charge in [0, 0.05) is 0 Å². The summed E-state index contributed by atoms with van der Waals surface area (Å²) >= 11 is 0. The van der Waals surface area contributed by atoms with Crippen molar-refractivity contribution in [2.45, 2.75) is 18.9 Å². The van der Waals surface area contributed by atoms with Crippen molar-refractivity contribution in [1.29, 1.82) is 5.26 Å². The van der Waals surface area contributed by atoms with Crippen LogP contribution in [0.15, 0.2) is 30.3 Å². The van der Waals surface area contributed by atoms with E-state index in [0.717, 1.165) is 6.92 Å². The van der Waals surface area contributed by atoms with Gasteiger partial charge in [-0.15, -0.1) is 0 Å². The van der Waals surface area contributed by atoms with Crippen LogP contribution in [0.4, 0.5) is 19.4 Å². The second-order valence-electron chi connectivity index (χ2n) is 4.63. The number of ether oxygens (including phenoxy) is 1. The smallest absolute Gasteiger partial charge is 0.288 e. The Labute approximate surface area is 113 Å². The Morgan fingerprint density at radius 3 is 2.15 bits per heavy atom. The van der Waals surface area contributed by atoms with Crippen LogP contribution in [0.5, 0.6) is 0 Å². The molecule has 1 unspecified atom stereocenters. The molecule has 0 fully saturated rings. The van der Waals surface area contributed by atoms with E-state index in [4.69, 9.17) is 10.00 Å². The molecule has 20 heavy (non-hydrogen) atoms. The molecule has 0 aliphatic heterocycles. The van der Waals surface area contributed by atoms with Crippen molar-refractivity contribution in [3.63, 3.8) is 0 Å². The molecule has 0 spiro atoms. The molecular weight excluding hydrogens is 301 g/mol. The van der Waals surface area contributed by atoms with Crippen LogP contribution in [0.25, 0.3) is 0 Å². The topological polar surface area (TPSA) is 33.0 Å². The average molecular weight is 315 g/mol. The molecule has 1 atom stereocenters. The van der Waals surface area contributed by atoms with E-state index in [2.05, 4.69) is 0 Å². The summed E-state index contributed by atoms with van der Waals surface area (Å²) in [5.41, 5.74) is -2.23. The molecule has 0 saturated carbocycles. The maximum Gasteiger partial charge on any atom is 0.288 e. The van der Waals surface area contributed by atoms with E-state index >= 15 is 0 Å². The molecule has 0 amide bonds. The van der Waals surface area contributed by atoms with Crippen LogP contribution in [0.3, 0.4) is 0 Å². The summed E-state index contributed by atoms with van der Waals surface area (Å²) in [7, 11) is -9.65. The second-order valence-corrected chi connectivity index (χ2v) is 7.17. The molecule has 0 N–H and O–H groups in total. The summed E-state index contributed by atoms with van der Waals surface area (Å²) in [6, 6.07) is 8.69. The van der Waals surface area contributed by atoms with E-state index in [0.29, 0.717) is 0 Å². The highest BCUT2D eigenvalue weighted by atomic mass is 32.5. The SMILES string of the molecule is CC(CS(F)(F)(F)(F)F)(OCCC#N)c1ccccc1. The highest BCUT2D eigenvalue weighted by molar-refractivity contribution is 8.45. The van der Waals surface area contributed by atoms with Gasteiger partial charge in [0.2, 0.25) is 0 Å². The molecule has 0 aliphatic carbocycles. The minimum absolute atomic E-state index is 0.00816. The number of halogens is 5. The third kappa shape index (κ3) is 5.75. The largest absolute Gasteiger partial charge is 0.368 e. The molecule has 0 radical (unpaired) electrons. The summed E-state index contributed by atoms with van der Waals surface area (Å²) < 4.78 is 68.8. The Hall–Kier alpha value is -1.33. The second kappa shape index (κ2) is 4.60. The number of hydrogen-bond acceptors (Lipinski definition) is 2. The first-order valence-electron chi connectivity index (χ1n) is 5.64. The van der Waals surface area contributed by atoms with E-state index in [9.17, 15) is 19.4 Å². The molecule has 1 aromatic rings. The molecule has 0 aliphatic rings. The van der Waals surface area contributed by atoms with Crippen LogP contribution >= 0.6 is 10.2 Å². The molecule has 8 heteroatoms. The van der Waals surface area contributed by atoms with Crippen molar-refractivity contribution >= 4 is 10.2 Å². The van der Waals surface area contributed by atoms with Gasteiger partial charge in [0.15, 0.2) is 0 Å². The van der Waals surface area contributed by atoms with Gasteiger partial charge < -0.3 is 4.74 Å². The van der Waals surface area contributed by atoms with Crippen molar-refractivity contribution in [2.24, 2.45) is 0 Å². The summed E-state index contributed by atoms with van der Waals surface area (Å²) in [6.45, 7) is 0.605. The van der Waals surface area contributed by atoms with Crippen LogP contribution in [0.2, 0.25) is 0 Å². The van der Waals surface area contributed by atoms with Crippen LogP contribution in [-0.4, -0.2) is 12.4 Å². The highest BCUT2D eigenvalue weighted by Crippen LogP contribution is 2.98. The first kappa shape index (κ1) is 16.7. The van der Waals surface area contributed by atoms with Gasteiger partial charge >= 0.3 is 0 Å². The molecule has 0 aromatic heterocycles. The van der Waals surface area contributed by atoms with Crippen LogP contribution in [0, 0.1) is 11.3 Å². The molecule has 114 valence electrons. The normalized spacial score (nSPS) is 18.4. The molecule has 1 rings (SSSR count). The molecule has 0 bridgehead atoms. The van der Waals surface area contributed by atoms with Gasteiger partial charge in [-0.05, 0) is 12.5 Å². The standard InChI is InChI=1S/C12H14F5NOS/c1-12(19-9-5-8-18,10-20(13,14,15,16)17)11-6-3-2-4-7-11/h2-4,6-7H,5,9-10H2,1H3. The van der Waals surface area contributed by atoms with Crippen molar-refractivity contribution in [3.8, 4) is 6.07 Å². The summed E-state index contributed by atoms with van der Waals surface area (Å²) in [5.74, 6) is -2.36. The summed E-state index contributed by atoms with van der Waals surface area (Å²) in [5, 5.41) is 8.37. The van der Waals surface area contributed by atoms with Gasteiger partial charge in [0.05, 0.1) is 19.1 Å². The third-order valence-electron chi connectivity index (χ3n) is 2.57. The Bertz CT molecular complexity index is 510. The Kier molecular flexibility index (Phi) is 3.85. The quantitative estimate of drug-likeness (QED) is 0.538. The van der Waals surface area contributed by atoms with E-state index in [1.165, 1.54) is 24.3 Å². The lowest BCUT2D eigenvalue weighted by Gasteiger charge is -2.46. The summed E-state index contributed by atoms with van der Waals surface area (Å²) in [6.07, 6.45) is -0.178. The Morgan fingerprint density at radius 1 is 1.15 bits per heavy atom. The number of hydrogen-bond donors (Lipinski definition) is 0. The fourth-order valence-electron chi connectivity index (χ4n) is 1.84. The van der Waals surface area contributed by atoms with Gasteiger partial charge in [-0.2, -0.15) is 5.26 Å². The van der Waals surface area contributed by atoms with E-state index in [1.54, 1.807) is 12.1 Å². The zero-order chi connectivity index (χ0) is 15.6. The van der Waals surface area contributed by atoms with E-state index in [-0.39, 0.29) is 18.6 Å². The Morgan fingerprint density at radius 2 is 1.70 bits per heavy atom. The lowest BCUT2D eigenvalue weighted by Crippen LogP contribution is -2.36. The monoisotopic (exact) mass is 315 g/mol. The number of rotatable bonds is 6. The fraction of sp³-hybridized carbons (Fsp3) is 0.417. The van der Waals surface area contributed by atoms with Crippen molar-refractivity contribution in [3.05, 3.63) is 35.9 Å². The minimum atomic E-state index is -9.65. The molecule has 0 heterocycles. The zero-order valence-electron chi connectivity index (χ0n) is 10.7. The summed E-state index contributed by atoms with van der Waals surface area (Å²) in [4.78, 5) is 0. The maximum atomic E-state index is 12.8. The van der Waals surface area contributed by atoms with Crippen LogP contribution in [0.1, 0.15) is 18.9 Å².